The highest BCUT2D eigenvalue weighted by Gasteiger charge is 2.36. The summed E-state index contributed by atoms with van der Waals surface area (Å²) in [5.41, 5.74) is 0.914. The van der Waals surface area contributed by atoms with Gasteiger partial charge in [-0.25, -0.2) is 4.79 Å². The van der Waals surface area contributed by atoms with Gasteiger partial charge in [-0.05, 0) is 56.4 Å². The average molecular weight is 482 g/mol. The van der Waals surface area contributed by atoms with Gasteiger partial charge < -0.3 is 20.3 Å². The molecule has 2 saturated heterocycles. The number of hydrogen-bond donors (Lipinski definition) is 2. The Bertz CT molecular complexity index is 933. The van der Waals surface area contributed by atoms with Gasteiger partial charge in [-0.2, -0.15) is 5.26 Å². The predicted molar refractivity (Wildman–Crippen MR) is 129 cm³/mol. The lowest BCUT2D eigenvalue weighted by atomic mass is 10.1. The highest BCUT2D eigenvalue weighted by molar-refractivity contribution is 5.86. The van der Waals surface area contributed by atoms with Crippen molar-refractivity contribution in [1.29, 1.82) is 5.26 Å². The van der Waals surface area contributed by atoms with Crippen LogP contribution < -0.4 is 10.6 Å². The van der Waals surface area contributed by atoms with Gasteiger partial charge in [0.1, 0.15) is 18.7 Å². The van der Waals surface area contributed by atoms with Gasteiger partial charge in [0.05, 0.1) is 12.6 Å². The molecule has 35 heavy (non-hydrogen) atoms. The topological polar surface area (TPSA) is 115 Å². The van der Waals surface area contributed by atoms with Crippen LogP contribution in [0.3, 0.4) is 0 Å². The van der Waals surface area contributed by atoms with Gasteiger partial charge in [-0.1, -0.05) is 30.3 Å². The zero-order valence-electron chi connectivity index (χ0n) is 20.2. The largest absolute Gasteiger partial charge is 0.445 e. The summed E-state index contributed by atoms with van der Waals surface area (Å²) in [7, 11) is 0. The lowest BCUT2D eigenvalue weighted by Gasteiger charge is -2.24. The monoisotopic (exact) mass is 481 g/mol. The van der Waals surface area contributed by atoms with E-state index in [9.17, 15) is 19.6 Å². The second kappa shape index (κ2) is 12.0. The summed E-state index contributed by atoms with van der Waals surface area (Å²) in [6.07, 6.45) is 5.45. The van der Waals surface area contributed by atoms with Gasteiger partial charge in [0.15, 0.2) is 0 Å². The molecule has 3 amide bonds. The maximum Gasteiger partial charge on any atom is 0.410 e. The van der Waals surface area contributed by atoms with Crippen LogP contribution in [0.5, 0.6) is 0 Å². The lowest BCUT2D eigenvalue weighted by Crippen LogP contribution is -2.47. The summed E-state index contributed by atoms with van der Waals surface area (Å²) in [5, 5.41) is 15.6. The molecule has 9 nitrogen and oxygen atoms in total. The van der Waals surface area contributed by atoms with Crippen molar-refractivity contribution >= 4 is 17.9 Å². The van der Waals surface area contributed by atoms with Crippen molar-refractivity contribution in [2.24, 2.45) is 5.92 Å². The van der Waals surface area contributed by atoms with Gasteiger partial charge in [-0.3, -0.25) is 14.5 Å². The molecule has 1 aliphatic carbocycles. The van der Waals surface area contributed by atoms with Gasteiger partial charge in [0.2, 0.25) is 11.8 Å². The summed E-state index contributed by atoms with van der Waals surface area (Å²) in [4.78, 5) is 41.1. The molecule has 0 bridgehead atoms. The third-order valence-corrected chi connectivity index (χ3v) is 7.37. The summed E-state index contributed by atoms with van der Waals surface area (Å²) in [6.45, 7) is 2.20. The molecule has 2 N–H and O–H groups in total. The number of amides is 3. The average Bonchev–Trinajstić information content (AvgIpc) is 3.65. The molecule has 2 aliphatic heterocycles. The summed E-state index contributed by atoms with van der Waals surface area (Å²) >= 11 is 0. The van der Waals surface area contributed by atoms with Crippen LogP contribution in [-0.2, 0) is 20.9 Å². The van der Waals surface area contributed by atoms with Crippen molar-refractivity contribution in [3.63, 3.8) is 0 Å². The third-order valence-electron chi connectivity index (χ3n) is 7.37. The van der Waals surface area contributed by atoms with Crippen LogP contribution in [0.25, 0.3) is 0 Å². The number of likely N-dealkylation sites (tertiary alicyclic amines) is 2. The minimum Gasteiger partial charge on any atom is -0.445 e. The van der Waals surface area contributed by atoms with E-state index in [0.29, 0.717) is 32.0 Å². The van der Waals surface area contributed by atoms with Crippen LogP contribution in [0, 0.1) is 17.2 Å². The Balaban J connectivity index is 1.16. The molecule has 1 saturated carbocycles. The van der Waals surface area contributed by atoms with Gasteiger partial charge in [0, 0.05) is 25.7 Å². The maximum atomic E-state index is 12.8. The SMILES string of the molecule is N#C[C@@H]1CCCN1C(=O)CN[C@@H]1CC[C@H](CNC(=O)[C@@H]2CCCN2C(=O)OCc2ccccc2)C1. The van der Waals surface area contributed by atoms with Crippen molar-refractivity contribution in [3.05, 3.63) is 35.9 Å². The van der Waals surface area contributed by atoms with Crippen molar-refractivity contribution in [1.82, 2.24) is 20.4 Å². The first-order chi connectivity index (χ1) is 17.0. The van der Waals surface area contributed by atoms with Crippen LogP contribution >= 0.6 is 0 Å². The molecule has 3 fully saturated rings. The highest BCUT2D eigenvalue weighted by atomic mass is 16.6. The molecule has 0 unspecified atom stereocenters. The van der Waals surface area contributed by atoms with E-state index >= 15 is 0 Å². The molecule has 188 valence electrons. The second-order valence-corrected chi connectivity index (χ2v) is 9.77. The van der Waals surface area contributed by atoms with Gasteiger partial charge in [-0.15, -0.1) is 0 Å². The van der Waals surface area contributed by atoms with Crippen molar-refractivity contribution in [2.45, 2.75) is 69.7 Å². The van der Waals surface area contributed by atoms with E-state index in [1.807, 2.05) is 30.3 Å². The predicted octanol–water partition coefficient (Wildman–Crippen LogP) is 2.18. The van der Waals surface area contributed by atoms with Crippen molar-refractivity contribution < 1.29 is 19.1 Å². The molecule has 0 spiro atoms. The Kier molecular flexibility index (Phi) is 8.59. The smallest absolute Gasteiger partial charge is 0.410 e. The van der Waals surface area contributed by atoms with E-state index in [4.69, 9.17) is 4.74 Å². The Morgan fingerprint density at radius 3 is 2.60 bits per heavy atom. The van der Waals surface area contributed by atoms with Gasteiger partial charge >= 0.3 is 6.09 Å². The molecule has 0 radical (unpaired) electrons. The minimum absolute atomic E-state index is 0.00808. The molecule has 2 heterocycles. The molecule has 3 aliphatic rings. The second-order valence-electron chi connectivity index (χ2n) is 9.77. The molecule has 4 rings (SSSR count). The fraction of sp³-hybridized carbons (Fsp3) is 0.615. The zero-order chi connectivity index (χ0) is 24.6. The van der Waals surface area contributed by atoms with E-state index in [1.165, 1.54) is 4.90 Å². The van der Waals surface area contributed by atoms with Gasteiger partial charge in [0.25, 0.3) is 0 Å². The van der Waals surface area contributed by atoms with Crippen LogP contribution in [0.4, 0.5) is 4.79 Å². The van der Waals surface area contributed by atoms with E-state index in [-0.39, 0.29) is 37.0 Å². The first-order valence-electron chi connectivity index (χ1n) is 12.7. The summed E-state index contributed by atoms with van der Waals surface area (Å²) in [6, 6.07) is 11.2. The number of nitrogens with one attached hydrogen (secondary N) is 2. The molecule has 4 atom stereocenters. The number of benzene rings is 1. The number of rotatable bonds is 8. The third kappa shape index (κ3) is 6.51. The number of carbonyl (C=O) groups is 3. The van der Waals surface area contributed by atoms with E-state index < -0.39 is 12.1 Å². The van der Waals surface area contributed by atoms with Crippen LogP contribution in [0.15, 0.2) is 30.3 Å². The lowest BCUT2D eigenvalue weighted by molar-refractivity contribution is -0.130. The van der Waals surface area contributed by atoms with Crippen LogP contribution in [-0.4, -0.2) is 72.0 Å². The number of nitriles is 1. The molecule has 0 aromatic heterocycles. The molecule has 1 aromatic carbocycles. The van der Waals surface area contributed by atoms with E-state index in [0.717, 1.165) is 44.1 Å². The molecular formula is C26H35N5O4. The Hall–Kier alpha value is -3.12. The minimum atomic E-state index is -0.486. The number of hydrogen-bond acceptors (Lipinski definition) is 6. The van der Waals surface area contributed by atoms with Crippen LogP contribution in [0.1, 0.15) is 50.5 Å². The molecular weight excluding hydrogens is 446 g/mol. The highest BCUT2D eigenvalue weighted by Crippen LogP contribution is 2.26. The van der Waals surface area contributed by atoms with Crippen LogP contribution in [0.2, 0.25) is 0 Å². The van der Waals surface area contributed by atoms with Crippen molar-refractivity contribution in [3.8, 4) is 6.07 Å². The normalized spacial score (nSPS) is 25.9. The van der Waals surface area contributed by atoms with Crippen molar-refractivity contribution in [2.75, 3.05) is 26.2 Å². The first kappa shape index (κ1) is 25.0. The Labute approximate surface area is 206 Å². The fourth-order valence-corrected chi connectivity index (χ4v) is 5.40. The number of ether oxygens (including phenoxy) is 1. The summed E-state index contributed by atoms with van der Waals surface area (Å²) in [5.74, 6) is 0.207. The molecule has 1 aromatic rings. The standard InChI is InChI=1S/C26H35N5O4/c27-15-22-8-4-12-30(22)24(32)17-28-21-11-10-20(14-21)16-29-25(33)23-9-5-13-31(23)26(34)35-18-19-6-2-1-3-7-19/h1-3,6-7,20-23,28H,4-5,8-14,16-18H2,(H,29,33)/t20-,21+,22-,23-/m0/s1. The Morgan fingerprint density at radius 2 is 1.80 bits per heavy atom. The number of carbonyl (C=O) groups excluding carboxylic acids is 3. The maximum absolute atomic E-state index is 12.8. The molecule has 9 heteroatoms. The number of nitrogens with zero attached hydrogens (tertiary/aromatic N) is 3. The van der Waals surface area contributed by atoms with E-state index in [1.54, 1.807) is 4.90 Å². The zero-order valence-corrected chi connectivity index (χ0v) is 20.2. The fourth-order valence-electron chi connectivity index (χ4n) is 5.40. The summed E-state index contributed by atoms with van der Waals surface area (Å²) < 4.78 is 5.43. The quantitative estimate of drug-likeness (QED) is 0.588. The first-order valence-corrected chi connectivity index (χ1v) is 12.7. The Morgan fingerprint density at radius 1 is 1.03 bits per heavy atom. The van der Waals surface area contributed by atoms with E-state index in [2.05, 4.69) is 16.7 Å².